The molecule has 56 valence electrons. The molecule has 0 bridgehead atoms. The first-order valence-electron chi connectivity index (χ1n) is 3.32. The second-order valence-electron chi connectivity index (χ2n) is 2.12. The summed E-state index contributed by atoms with van der Waals surface area (Å²) in [7, 11) is 0. The van der Waals surface area contributed by atoms with E-state index in [1.54, 1.807) is 24.3 Å². The summed E-state index contributed by atoms with van der Waals surface area (Å²) < 4.78 is 0. The van der Waals surface area contributed by atoms with Gasteiger partial charge in [0, 0.05) is 5.57 Å². The van der Waals surface area contributed by atoms with Gasteiger partial charge in [-0.1, -0.05) is 30.4 Å². The van der Waals surface area contributed by atoms with Gasteiger partial charge in [0.15, 0.2) is 0 Å². The Morgan fingerprint density at radius 1 is 1.09 bits per heavy atom. The fraction of sp³-hybridized carbons (Fsp3) is 0. The minimum absolute atomic E-state index is 0.402. The van der Waals surface area contributed by atoms with Gasteiger partial charge in [-0.3, -0.25) is 4.79 Å². The summed E-state index contributed by atoms with van der Waals surface area (Å²) >= 11 is 0. The van der Waals surface area contributed by atoms with Crippen molar-refractivity contribution in [2.75, 3.05) is 0 Å². The zero-order valence-corrected chi connectivity index (χ0v) is 6.03. The van der Waals surface area contributed by atoms with E-state index in [1.807, 2.05) is 18.2 Å². The standard InChI is InChI=1S/C9H9NO/c10-9(11)8-6-4-2-1-3-5-7-8/h1-7H,(H2,10,11)/b2-1-,3-1?,4-2?,5-3-,6-4-,7-5?,8-6?,8-7+. The maximum Gasteiger partial charge on any atom is 0.248 e. The predicted molar refractivity (Wildman–Crippen MR) is 44.7 cm³/mol. The van der Waals surface area contributed by atoms with Crippen molar-refractivity contribution in [2.24, 2.45) is 5.73 Å². The van der Waals surface area contributed by atoms with Crippen molar-refractivity contribution in [3.05, 3.63) is 48.1 Å². The zero-order chi connectivity index (χ0) is 8.10. The van der Waals surface area contributed by atoms with Crippen molar-refractivity contribution in [3.63, 3.8) is 0 Å². The van der Waals surface area contributed by atoms with Gasteiger partial charge < -0.3 is 5.73 Å². The smallest absolute Gasteiger partial charge is 0.248 e. The maximum absolute atomic E-state index is 10.7. The molecule has 1 aliphatic rings. The summed E-state index contributed by atoms with van der Waals surface area (Å²) in [6.07, 6.45) is 12.5. The van der Waals surface area contributed by atoms with Crippen LogP contribution in [0.1, 0.15) is 0 Å². The number of hydrogen-bond acceptors (Lipinski definition) is 1. The van der Waals surface area contributed by atoms with Crippen LogP contribution in [0.3, 0.4) is 0 Å². The van der Waals surface area contributed by atoms with E-state index in [9.17, 15) is 4.79 Å². The van der Waals surface area contributed by atoms with Gasteiger partial charge in [0.1, 0.15) is 0 Å². The number of allylic oxidation sites excluding steroid dienone is 6. The van der Waals surface area contributed by atoms with Crippen LogP contribution in [0.2, 0.25) is 0 Å². The van der Waals surface area contributed by atoms with Crippen LogP contribution in [0.4, 0.5) is 0 Å². The van der Waals surface area contributed by atoms with E-state index in [1.165, 1.54) is 0 Å². The molecule has 0 aromatic rings. The van der Waals surface area contributed by atoms with E-state index in [0.29, 0.717) is 5.57 Å². The van der Waals surface area contributed by atoms with Crippen molar-refractivity contribution in [1.29, 1.82) is 0 Å². The molecule has 1 aliphatic carbocycles. The Balaban J connectivity index is 2.87. The van der Waals surface area contributed by atoms with E-state index in [-0.39, 0.29) is 0 Å². The molecule has 2 nitrogen and oxygen atoms in total. The molecule has 2 heteroatoms. The van der Waals surface area contributed by atoms with Crippen LogP contribution >= 0.6 is 0 Å². The molecule has 0 heterocycles. The molecule has 1 amide bonds. The van der Waals surface area contributed by atoms with Gasteiger partial charge in [-0.15, -0.1) is 0 Å². The lowest BCUT2D eigenvalue weighted by molar-refractivity contribution is -0.114. The van der Waals surface area contributed by atoms with Crippen LogP contribution in [-0.2, 0) is 4.79 Å². The number of hydrogen-bond donors (Lipinski definition) is 1. The van der Waals surface area contributed by atoms with Crippen LogP contribution in [-0.4, -0.2) is 5.91 Å². The van der Waals surface area contributed by atoms with Crippen LogP contribution in [0.15, 0.2) is 48.1 Å². The van der Waals surface area contributed by atoms with Crippen molar-refractivity contribution in [1.82, 2.24) is 0 Å². The topological polar surface area (TPSA) is 43.1 Å². The summed E-state index contributed by atoms with van der Waals surface area (Å²) in [5, 5.41) is 0. The molecule has 0 saturated heterocycles. The monoisotopic (exact) mass is 147 g/mol. The summed E-state index contributed by atoms with van der Waals surface area (Å²) in [6, 6.07) is 0. The molecule has 0 unspecified atom stereocenters. The first-order valence-corrected chi connectivity index (χ1v) is 3.32. The molecule has 0 aromatic carbocycles. The van der Waals surface area contributed by atoms with Gasteiger partial charge in [0.05, 0.1) is 0 Å². The van der Waals surface area contributed by atoms with Gasteiger partial charge in [-0.05, 0) is 12.2 Å². The first kappa shape index (κ1) is 7.54. The Morgan fingerprint density at radius 2 is 1.73 bits per heavy atom. The highest BCUT2D eigenvalue weighted by atomic mass is 16.1. The Kier molecular flexibility index (Phi) is 2.44. The van der Waals surface area contributed by atoms with Crippen molar-refractivity contribution in [2.45, 2.75) is 0 Å². The van der Waals surface area contributed by atoms with Crippen LogP contribution in [0.25, 0.3) is 0 Å². The summed E-state index contributed by atoms with van der Waals surface area (Å²) in [5.74, 6) is -0.402. The second kappa shape index (κ2) is 3.56. The van der Waals surface area contributed by atoms with Gasteiger partial charge in [0.2, 0.25) is 5.91 Å². The van der Waals surface area contributed by atoms with Gasteiger partial charge in [-0.2, -0.15) is 0 Å². The van der Waals surface area contributed by atoms with Gasteiger partial charge >= 0.3 is 0 Å². The Bertz CT molecular complexity index is 269. The molecule has 0 aliphatic heterocycles. The van der Waals surface area contributed by atoms with Gasteiger partial charge in [-0.25, -0.2) is 0 Å². The lowest BCUT2D eigenvalue weighted by atomic mass is 10.2. The zero-order valence-electron chi connectivity index (χ0n) is 6.03. The molecule has 0 spiro atoms. The van der Waals surface area contributed by atoms with E-state index >= 15 is 0 Å². The number of carbonyl (C=O) groups excluding carboxylic acids is 1. The predicted octanol–water partition coefficient (Wildman–Crippen LogP) is 1.08. The normalized spacial score (nSPS) is 28.9. The molecule has 0 aromatic heterocycles. The average Bonchev–Trinajstić information content (AvgIpc) is 1.84. The summed E-state index contributed by atoms with van der Waals surface area (Å²) in [6.45, 7) is 0. The number of carbonyl (C=O) groups is 1. The summed E-state index contributed by atoms with van der Waals surface area (Å²) in [5.41, 5.74) is 5.59. The Labute approximate surface area is 65.4 Å². The maximum atomic E-state index is 10.7. The third kappa shape index (κ3) is 2.26. The number of amides is 1. The lowest BCUT2D eigenvalue weighted by Gasteiger charge is -1.93. The SMILES string of the molecule is NC(=O)C1=C/C=C\C=C/C=C\1. The molecule has 1 rings (SSSR count). The Morgan fingerprint density at radius 3 is 2.45 bits per heavy atom. The number of nitrogens with two attached hydrogens (primary N) is 1. The first-order chi connectivity index (χ1) is 5.30. The largest absolute Gasteiger partial charge is 0.366 e. The quantitative estimate of drug-likeness (QED) is 0.592. The third-order valence-corrected chi connectivity index (χ3v) is 1.28. The molecular formula is C9H9NO. The van der Waals surface area contributed by atoms with E-state index in [2.05, 4.69) is 0 Å². The van der Waals surface area contributed by atoms with E-state index in [4.69, 9.17) is 5.73 Å². The molecule has 0 fully saturated rings. The highest BCUT2D eigenvalue weighted by molar-refractivity contribution is 5.95. The molecule has 0 atom stereocenters. The van der Waals surface area contributed by atoms with E-state index in [0.717, 1.165) is 0 Å². The fourth-order valence-corrected chi connectivity index (χ4v) is 0.731. The van der Waals surface area contributed by atoms with Crippen LogP contribution < -0.4 is 5.73 Å². The average molecular weight is 147 g/mol. The van der Waals surface area contributed by atoms with Crippen molar-refractivity contribution >= 4 is 5.91 Å². The molecule has 0 saturated carbocycles. The lowest BCUT2D eigenvalue weighted by Crippen LogP contribution is -2.12. The minimum Gasteiger partial charge on any atom is -0.366 e. The van der Waals surface area contributed by atoms with Crippen LogP contribution in [0.5, 0.6) is 0 Å². The molecule has 0 radical (unpaired) electrons. The molecular weight excluding hydrogens is 138 g/mol. The number of primary amides is 1. The Hall–Kier alpha value is -1.57. The number of rotatable bonds is 1. The van der Waals surface area contributed by atoms with Crippen molar-refractivity contribution < 1.29 is 4.79 Å². The van der Waals surface area contributed by atoms with Crippen LogP contribution in [0, 0.1) is 0 Å². The van der Waals surface area contributed by atoms with Crippen molar-refractivity contribution in [3.8, 4) is 0 Å². The van der Waals surface area contributed by atoms with Gasteiger partial charge in [0.25, 0.3) is 0 Å². The summed E-state index contributed by atoms with van der Waals surface area (Å²) in [4.78, 5) is 10.7. The third-order valence-electron chi connectivity index (χ3n) is 1.28. The molecule has 2 N–H and O–H groups in total. The highest BCUT2D eigenvalue weighted by Gasteiger charge is 1.96. The fourth-order valence-electron chi connectivity index (χ4n) is 0.731. The second-order valence-corrected chi connectivity index (χ2v) is 2.12. The molecule has 11 heavy (non-hydrogen) atoms. The van der Waals surface area contributed by atoms with E-state index < -0.39 is 5.91 Å². The highest BCUT2D eigenvalue weighted by Crippen LogP contribution is 1.99. The minimum atomic E-state index is -0.402.